The molecule has 0 amide bonds. The zero-order chi connectivity index (χ0) is 58.6. The molecule has 1 aromatic heterocycles. The Morgan fingerprint density at radius 2 is 1.62 bits per heavy atom. The second-order valence-corrected chi connectivity index (χ2v) is 25.6. The third-order valence-electron chi connectivity index (χ3n) is 21.2. The van der Waals surface area contributed by atoms with Crippen LogP contribution in [0.15, 0.2) is 148 Å². The number of aryl methyl sites for hydroxylation is 2. The number of carbonyl (C=O) groups excluding carboxylic acids is 2. The minimum atomic E-state index is -1.40. The lowest BCUT2D eigenvalue weighted by Crippen LogP contribution is -2.58. The summed E-state index contributed by atoms with van der Waals surface area (Å²) in [5.74, 6) is -1.55. The minimum Gasteiger partial charge on any atom is -0.483 e. The van der Waals surface area contributed by atoms with Crippen molar-refractivity contribution >= 4 is 29.0 Å². The Morgan fingerprint density at radius 1 is 0.788 bits per heavy atom. The van der Waals surface area contributed by atoms with E-state index in [1.54, 1.807) is 19.1 Å². The number of fused-ring (bicyclic) bond motifs is 17. The zero-order valence-corrected chi connectivity index (χ0v) is 48.8. The standard InChI is InChI=1S/C73H78O12/c1-43(39-75)56-27-19-44-17-20-46(21-18-44)57-28-25-49(48-12-9-14-54(35-48)73-32-8-7-13-53(73)26-24-47-11-4-6-16-62(47)73)34-52(57)37-64(78)82-68-66-63(30-29-59-61(40-76)65(71(80)83-67(59)66)51(31-33-74)41-81-42-77)85-72(2,69(68)84-70(56)79)55-36-50-23-22-45-10-3-5-15-58(45)60(50)38-55/h3-6,9-12,14-18,20-23,25,28-30,35,49-53,55,57,60,68-69,74-77H,7-8,13,19,24,26-27,31-34,36-42H2,1-2H3. The molecule has 8 aliphatic rings. The van der Waals surface area contributed by atoms with Gasteiger partial charge in [0.1, 0.15) is 23.7 Å². The summed E-state index contributed by atoms with van der Waals surface area (Å²) in [7, 11) is 0. The number of hydrogen-bond donors (Lipinski definition) is 4. The number of aliphatic hydroxyl groups is 4. The molecule has 0 saturated heterocycles. The molecule has 12 atom stereocenters. The Morgan fingerprint density at radius 3 is 2.45 bits per heavy atom. The number of esters is 2. The van der Waals surface area contributed by atoms with Crippen LogP contribution in [-0.2, 0) is 48.7 Å². The first-order chi connectivity index (χ1) is 41.4. The SMILES string of the molecule is CC(CO)=C1CCc2ccc(cc2)C2C=CC(c3cccc(C45CCCCC4CCc4ccccc45)c3)CC2CC(=O)OC2c3c(ccc4c(CO)c(C(CCO)COCO)c(=O)oc34)OC(C)(C3CC4C=Cc5ccccc5C4C3)C2OC1=O. The highest BCUT2D eigenvalue weighted by atomic mass is 16.6. The molecular formula is C73H78O12. The lowest BCUT2D eigenvalue weighted by molar-refractivity contribution is -0.199. The molecule has 3 aliphatic heterocycles. The average Bonchev–Trinajstić information content (AvgIpc) is 2.29. The summed E-state index contributed by atoms with van der Waals surface area (Å²) < 4.78 is 33.2. The van der Waals surface area contributed by atoms with Crippen LogP contribution in [0.1, 0.15) is 175 Å². The van der Waals surface area contributed by atoms with Crippen molar-refractivity contribution in [3.05, 3.63) is 210 Å². The Labute approximate surface area is 497 Å². The van der Waals surface area contributed by atoms with Crippen molar-refractivity contribution in [2.45, 2.75) is 151 Å². The van der Waals surface area contributed by atoms with Gasteiger partial charge in [-0.25, -0.2) is 9.59 Å². The predicted octanol–water partition coefficient (Wildman–Crippen LogP) is 12.4. The van der Waals surface area contributed by atoms with E-state index in [-0.39, 0.29) is 108 Å². The van der Waals surface area contributed by atoms with Gasteiger partial charge in [0.2, 0.25) is 0 Å². The second kappa shape index (κ2) is 23.7. The topological polar surface area (TPSA) is 182 Å². The van der Waals surface area contributed by atoms with Crippen LogP contribution in [0.3, 0.4) is 0 Å². The van der Waals surface area contributed by atoms with Gasteiger partial charge in [-0.05, 0) is 170 Å². The fourth-order valence-electron chi connectivity index (χ4n) is 16.9. The van der Waals surface area contributed by atoms with Crippen LogP contribution in [0.5, 0.6) is 5.75 Å². The number of allylic oxidation sites excluding steroid dienone is 3. The molecule has 4 N–H and O–H groups in total. The summed E-state index contributed by atoms with van der Waals surface area (Å²) in [6, 6.07) is 38.7. The van der Waals surface area contributed by atoms with Gasteiger partial charge in [-0.15, -0.1) is 0 Å². The van der Waals surface area contributed by atoms with E-state index in [2.05, 4.69) is 115 Å². The monoisotopic (exact) mass is 1150 g/mol. The Balaban J connectivity index is 0.943. The molecule has 6 aromatic rings. The van der Waals surface area contributed by atoms with E-state index >= 15 is 9.59 Å². The van der Waals surface area contributed by atoms with Gasteiger partial charge in [-0.2, -0.15) is 0 Å². The molecule has 5 aliphatic carbocycles. The number of aliphatic hydroxyl groups excluding tert-OH is 4. The molecule has 442 valence electrons. The molecule has 12 heteroatoms. The van der Waals surface area contributed by atoms with E-state index in [4.69, 9.17) is 23.4 Å². The van der Waals surface area contributed by atoms with Gasteiger partial charge in [-0.1, -0.05) is 134 Å². The fourth-order valence-corrected chi connectivity index (χ4v) is 16.9. The number of carbonyl (C=O) groups is 2. The summed E-state index contributed by atoms with van der Waals surface area (Å²) in [6.07, 6.45) is 16.2. The number of ether oxygens (including phenoxy) is 4. The van der Waals surface area contributed by atoms with Crippen LogP contribution >= 0.6 is 0 Å². The van der Waals surface area contributed by atoms with Crippen molar-refractivity contribution in [2.24, 2.45) is 23.7 Å². The molecule has 2 bridgehead atoms. The van der Waals surface area contributed by atoms with E-state index in [9.17, 15) is 25.2 Å². The van der Waals surface area contributed by atoms with Gasteiger partial charge in [-0.3, -0.25) is 4.79 Å². The quantitative estimate of drug-likeness (QED) is 0.0317. The number of hydrogen-bond acceptors (Lipinski definition) is 12. The van der Waals surface area contributed by atoms with Crippen molar-refractivity contribution in [1.82, 2.24) is 0 Å². The van der Waals surface area contributed by atoms with E-state index in [1.807, 2.05) is 13.0 Å². The molecule has 5 aromatic carbocycles. The largest absolute Gasteiger partial charge is 0.483 e. The lowest BCUT2D eigenvalue weighted by Gasteiger charge is -2.49. The van der Waals surface area contributed by atoms with Crippen LogP contribution in [0.4, 0.5) is 0 Å². The number of rotatable bonds is 11. The van der Waals surface area contributed by atoms with Gasteiger partial charge in [0.05, 0.1) is 25.4 Å². The van der Waals surface area contributed by atoms with Crippen molar-refractivity contribution in [3.63, 3.8) is 0 Å². The van der Waals surface area contributed by atoms with Crippen molar-refractivity contribution in [1.29, 1.82) is 0 Å². The fraction of sp³-hybridized carbons (Fsp3) is 0.438. The molecule has 12 unspecified atom stereocenters. The smallest absolute Gasteiger partial charge is 0.340 e. The summed E-state index contributed by atoms with van der Waals surface area (Å²) in [5.41, 5.74) is 8.96. The maximum atomic E-state index is 15.8. The second-order valence-electron chi connectivity index (χ2n) is 25.6. The summed E-state index contributed by atoms with van der Waals surface area (Å²) in [4.78, 5) is 45.8. The molecular weight excluding hydrogens is 1070 g/mol. The molecule has 85 heavy (non-hydrogen) atoms. The van der Waals surface area contributed by atoms with Crippen molar-refractivity contribution < 1.29 is 53.4 Å². The van der Waals surface area contributed by atoms with Gasteiger partial charge in [0.25, 0.3) is 0 Å². The highest BCUT2D eigenvalue weighted by Gasteiger charge is 2.59. The summed E-state index contributed by atoms with van der Waals surface area (Å²) in [5, 5.41) is 42.1. The predicted molar refractivity (Wildman–Crippen MR) is 324 cm³/mol. The zero-order valence-electron chi connectivity index (χ0n) is 48.8. The first-order valence-corrected chi connectivity index (χ1v) is 31.1. The van der Waals surface area contributed by atoms with Gasteiger partial charge < -0.3 is 43.8 Å². The molecule has 2 saturated carbocycles. The van der Waals surface area contributed by atoms with Crippen LogP contribution in [-0.4, -0.2) is 70.7 Å². The van der Waals surface area contributed by atoms with Crippen LogP contribution < -0.4 is 10.4 Å². The van der Waals surface area contributed by atoms with Crippen molar-refractivity contribution in [2.75, 3.05) is 26.6 Å². The normalized spacial score (nSPS) is 29.6. The van der Waals surface area contributed by atoms with E-state index in [0.29, 0.717) is 48.1 Å². The molecule has 4 heterocycles. The van der Waals surface area contributed by atoms with Gasteiger partial charge in [0, 0.05) is 58.6 Å². The molecule has 14 rings (SSSR count). The highest BCUT2D eigenvalue weighted by Crippen LogP contribution is 2.59. The molecule has 12 nitrogen and oxygen atoms in total. The lowest BCUT2D eigenvalue weighted by atomic mass is 9.54. The van der Waals surface area contributed by atoms with Crippen LogP contribution in [0, 0.1) is 23.7 Å². The molecule has 0 spiro atoms. The maximum Gasteiger partial charge on any atom is 0.340 e. The van der Waals surface area contributed by atoms with Crippen LogP contribution in [0.2, 0.25) is 0 Å². The van der Waals surface area contributed by atoms with E-state index < -0.39 is 54.7 Å². The van der Waals surface area contributed by atoms with Crippen molar-refractivity contribution in [3.8, 4) is 5.75 Å². The van der Waals surface area contributed by atoms with E-state index in [0.717, 1.165) is 29.5 Å². The third kappa shape index (κ3) is 10.2. The van der Waals surface area contributed by atoms with Gasteiger partial charge in [0.15, 0.2) is 12.2 Å². The highest BCUT2D eigenvalue weighted by molar-refractivity contribution is 5.90. The maximum absolute atomic E-state index is 15.8. The average molecular weight is 1150 g/mol. The molecule has 0 radical (unpaired) electrons. The first-order valence-electron chi connectivity index (χ1n) is 31.1. The summed E-state index contributed by atoms with van der Waals surface area (Å²) >= 11 is 0. The van der Waals surface area contributed by atoms with Crippen LogP contribution in [0.25, 0.3) is 17.0 Å². The number of benzene rings is 5. The summed E-state index contributed by atoms with van der Waals surface area (Å²) in [6.45, 7) is 1.59. The molecule has 2 fully saturated rings. The van der Waals surface area contributed by atoms with Gasteiger partial charge >= 0.3 is 17.6 Å². The Hall–Kier alpha value is -6.93. The Kier molecular flexibility index (Phi) is 16.0. The Bertz CT molecular complexity index is 3670. The first kappa shape index (κ1) is 57.2. The van der Waals surface area contributed by atoms with E-state index in [1.165, 1.54) is 53.5 Å². The minimum absolute atomic E-state index is 0.00517. The third-order valence-corrected chi connectivity index (χ3v) is 21.2.